The van der Waals surface area contributed by atoms with E-state index in [1.807, 2.05) is 56.3 Å². The lowest BCUT2D eigenvalue weighted by Crippen LogP contribution is -2.17. The highest BCUT2D eigenvalue weighted by Gasteiger charge is 2.05. The van der Waals surface area contributed by atoms with Gasteiger partial charge in [-0.05, 0) is 48.7 Å². The van der Waals surface area contributed by atoms with E-state index in [-0.39, 0.29) is 11.7 Å². The van der Waals surface area contributed by atoms with Gasteiger partial charge in [0.1, 0.15) is 0 Å². The summed E-state index contributed by atoms with van der Waals surface area (Å²) in [6.45, 7) is 3.95. The first kappa shape index (κ1) is 19.9. The maximum absolute atomic E-state index is 12.4. The maximum atomic E-state index is 12.4. The van der Waals surface area contributed by atoms with E-state index in [9.17, 15) is 9.59 Å². The number of hydrogen-bond acceptors (Lipinski definition) is 4. The Hall–Kier alpha value is -3.86. The van der Waals surface area contributed by atoms with Gasteiger partial charge in [-0.3, -0.25) is 14.6 Å². The number of hydrazone groups is 1. The number of nitrogens with one attached hydrogen (secondary N) is 1. The van der Waals surface area contributed by atoms with Gasteiger partial charge < -0.3 is 0 Å². The Morgan fingerprint density at radius 3 is 2.31 bits per heavy atom. The first-order valence-corrected chi connectivity index (χ1v) is 9.16. The first-order valence-electron chi connectivity index (χ1n) is 9.16. The minimum absolute atomic E-state index is 0.0213. The molecular weight excluding hydrogens is 362 g/mol. The Kier molecular flexibility index (Phi) is 6.43. The fraction of sp³-hybridized carbons (Fsp3) is 0.0833. The van der Waals surface area contributed by atoms with E-state index in [0.717, 1.165) is 22.3 Å². The number of carbonyl (C=O) groups is 2. The third-order valence-electron chi connectivity index (χ3n) is 4.33. The molecule has 0 atom stereocenters. The third-order valence-corrected chi connectivity index (χ3v) is 4.33. The average Bonchev–Trinajstić information content (AvgIpc) is 2.73. The van der Waals surface area contributed by atoms with Gasteiger partial charge in [0, 0.05) is 23.5 Å². The largest absolute Gasteiger partial charge is 0.289 e. The number of allylic oxidation sites excluding steroid dienone is 1. The SMILES string of the molecule is Cc1ccc(C(=O)/C=C/c2ccc(/C=N/NC(=O)c3ccncc3)cc2)c(C)c1. The molecule has 1 amide bonds. The average molecular weight is 383 g/mol. The summed E-state index contributed by atoms with van der Waals surface area (Å²) in [5, 5.41) is 3.96. The number of benzene rings is 2. The molecule has 0 aliphatic carbocycles. The van der Waals surface area contributed by atoms with Gasteiger partial charge in [0.15, 0.2) is 5.78 Å². The summed E-state index contributed by atoms with van der Waals surface area (Å²) in [6.07, 6.45) is 8.03. The molecule has 1 N–H and O–H groups in total. The van der Waals surface area contributed by atoms with Gasteiger partial charge in [-0.1, -0.05) is 54.1 Å². The number of aromatic nitrogens is 1. The van der Waals surface area contributed by atoms with Crippen molar-refractivity contribution in [3.05, 3.63) is 106 Å². The minimum atomic E-state index is -0.298. The van der Waals surface area contributed by atoms with Crippen LogP contribution in [-0.4, -0.2) is 22.9 Å². The Balaban J connectivity index is 1.59. The highest BCUT2D eigenvalue weighted by Crippen LogP contribution is 2.13. The molecule has 2 aromatic carbocycles. The number of amides is 1. The number of aryl methyl sites for hydroxylation is 2. The standard InChI is InChI=1S/C24H21N3O2/c1-17-3-9-22(18(2)15-17)23(28)10-8-19-4-6-20(7-5-19)16-26-27-24(29)21-11-13-25-14-12-21/h3-16H,1-2H3,(H,27,29)/b10-8+,26-16+. The lowest BCUT2D eigenvalue weighted by molar-refractivity contribution is 0.0954. The van der Waals surface area contributed by atoms with Crippen LogP contribution in [0.15, 0.2) is 78.2 Å². The van der Waals surface area contributed by atoms with Gasteiger partial charge in [0.25, 0.3) is 5.91 Å². The van der Waals surface area contributed by atoms with Gasteiger partial charge in [0.2, 0.25) is 0 Å². The zero-order valence-electron chi connectivity index (χ0n) is 16.3. The molecule has 144 valence electrons. The number of carbonyl (C=O) groups excluding carboxylic acids is 2. The molecule has 0 fully saturated rings. The molecule has 0 saturated carbocycles. The Bertz CT molecular complexity index is 1070. The highest BCUT2D eigenvalue weighted by atomic mass is 16.2. The number of hydrogen-bond donors (Lipinski definition) is 1. The number of pyridine rings is 1. The summed E-state index contributed by atoms with van der Waals surface area (Å²) in [4.78, 5) is 28.2. The maximum Gasteiger partial charge on any atom is 0.271 e. The molecule has 0 unspecified atom stereocenters. The van der Waals surface area contributed by atoms with Crippen molar-refractivity contribution >= 4 is 24.0 Å². The lowest BCUT2D eigenvalue weighted by Gasteiger charge is -2.03. The van der Waals surface area contributed by atoms with Crippen LogP contribution in [0.5, 0.6) is 0 Å². The normalized spacial score (nSPS) is 11.1. The van der Waals surface area contributed by atoms with Crippen LogP contribution in [0.2, 0.25) is 0 Å². The number of ketones is 1. The van der Waals surface area contributed by atoms with Crippen LogP contribution >= 0.6 is 0 Å². The molecule has 3 rings (SSSR count). The quantitative estimate of drug-likeness (QED) is 0.298. The van der Waals surface area contributed by atoms with Crippen LogP contribution < -0.4 is 5.43 Å². The summed E-state index contributed by atoms with van der Waals surface area (Å²) in [5.41, 5.74) is 7.52. The predicted molar refractivity (Wildman–Crippen MR) is 115 cm³/mol. The van der Waals surface area contributed by atoms with E-state index < -0.39 is 0 Å². The molecule has 0 aliphatic heterocycles. The van der Waals surface area contributed by atoms with Crippen LogP contribution in [0.25, 0.3) is 6.08 Å². The van der Waals surface area contributed by atoms with Crippen LogP contribution in [0.4, 0.5) is 0 Å². The van der Waals surface area contributed by atoms with Gasteiger partial charge >= 0.3 is 0 Å². The van der Waals surface area contributed by atoms with E-state index in [1.54, 1.807) is 42.9 Å². The molecule has 29 heavy (non-hydrogen) atoms. The molecule has 1 heterocycles. The molecular formula is C24H21N3O2. The van der Waals surface area contributed by atoms with Crippen LogP contribution in [0.1, 0.15) is 43.0 Å². The van der Waals surface area contributed by atoms with E-state index in [0.29, 0.717) is 11.1 Å². The van der Waals surface area contributed by atoms with Crippen molar-refractivity contribution < 1.29 is 9.59 Å². The Morgan fingerprint density at radius 1 is 0.931 bits per heavy atom. The van der Waals surface area contributed by atoms with Crippen molar-refractivity contribution in [2.45, 2.75) is 13.8 Å². The van der Waals surface area contributed by atoms with Crippen molar-refractivity contribution in [1.82, 2.24) is 10.4 Å². The summed E-state index contributed by atoms with van der Waals surface area (Å²) < 4.78 is 0. The predicted octanol–water partition coefficient (Wildman–Crippen LogP) is 4.36. The van der Waals surface area contributed by atoms with Gasteiger partial charge in [-0.2, -0.15) is 5.10 Å². The summed E-state index contributed by atoms with van der Waals surface area (Å²) in [6, 6.07) is 16.5. The van der Waals surface area contributed by atoms with Gasteiger partial charge in [-0.25, -0.2) is 5.43 Å². The third kappa shape index (κ3) is 5.56. The smallest absolute Gasteiger partial charge is 0.271 e. The van der Waals surface area contributed by atoms with Crippen molar-refractivity contribution in [3.8, 4) is 0 Å². The Morgan fingerprint density at radius 2 is 1.62 bits per heavy atom. The topological polar surface area (TPSA) is 71.4 Å². The summed E-state index contributed by atoms with van der Waals surface area (Å²) in [5.74, 6) is -0.319. The summed E-state index contributed by atoms with van der Waals surface area (Å²) >= 11 is 0. The van der Waals surface area contributed by atoms with E-state index in [1.165, 1.54) is 0 Å². The van der Waals surface area contributed by atoms with Crippen molar-refractivity contribution in [1.29, 1.82) is 0 Å². The molecule has 0 aliphatic rings. The molecule has 5 heteroatoms. The van der Waals surface area contributed by atoms with Crippen LogP contribution in [0, 0.1) is 13.8 Å². The fourth-order valence-corrected chi connectivity index (χ4v) is 2.78. The lowest BCUT2D eigenvalue weighted by atomic mass is 10.0. The van der Waals surface area contributed by atoms with Crippen molar-refractivity contribution in [2.75, 3.05) is 0 Å². The summed E-state index contributed by atoms with van der Waals surface area (Å²) in [7, 11) is 0. The van der Waals surface area contributed by atoms with E-state index in [2.05, 4.69) is 15.5 Å². The minimum Gasteiger partial charge on any atom is -0.289 e. The van der Waals surface area contributed by atoms with Crippen molar-refractivity contribution in [2.24, 2.45) is 5.10 Å². The highest BCUT2D eigenvalue weighted by molar-refractivity contribution is 6.07. The number of rotatable bonds is 6. The molecule has 5 nitrogen and oxygen atoms in total. The second kappa shape index (κ2) is 9.37. The fourth-order valence-electron chi connectivity index (χ4n) is 2.78. The second-order valence-corrected chi connectivity index (χ2v) is 6.62. The van der Waals surface area contributed by atoms with Gasteiger partial charge in [0.05, 0.1) is 6.21 Å². The zero-order chi connectivity index (χ0) is 20.6. The molecule has 1 aromatic heterocycles. The second-order valence-electron chi connectivity index (χ2n) is 6.62. The monoisotopic (exact) mass is 383 g/mol. The molecule has 0 saturated heterocycles. The molecule has 0 radical (unpaired) electrons. The van der Waals surface area contributed by atoms with Gasteiger partial charge in [-0.15, -0.1) is 0 Å². The van der Waals surface area contributed by atoms with E-state index >= 15 is 0 Å². The molecule has 0 bridgehead atoms. The van der Waals surface area contributed by atoms with E-state index in [4.69, 9.17) is 0 Å². The Labute approximate surface area is 169 Å². The van der Waals surface area contributed by atoms with Crippen LogP contribution in [-0.2, 0) is 0 Å². The molecule has 0 spiro atoms. The van der Waals surface area contributed by atoms with Crippen LogP contribution in [0.3, 0.4) is 0 Å². The zero-order valence-corrected chi connectivity index (χ0v) is 16.3. The molecule has 3 aromatic rings. The van der Waals surface area contributed by atoms with Crippen molar-refractivity contribution in [3.63, 3.8) is 0 Å². The first-order chi connectivity index (χ1) is 14.0. The number of nitrogens with zero attached hydrogens (tertiary/aromatic N) is 2.